The van der Waals surface area contributed by atoms with E-state index in [4.69, 9.17) is 10.5 Å². The summed E-state index contributed by atoms with van der Waals surface area (Å²) in [5.74, 6) is 1.52. The number of hydrogen-bond donors (Lipinski definition) is 3. The molecule has 2 aromatic carbocycles. The number of hydrogen-bond acceptors (Lipinski definition) is 7. The van der Waals surface area contributed by atoms with Gasteiger partial charge in [-0.15, -0.1) is 0 Å². The van der Waals surface area contributed by atoms with Crippen LogP contribution in [0.2, 0.25) is 0 Å². The number of methoxy groups -OCH3 is 1. The highest BCUT2D eigenvalue weighted by Gasteiger charge is 2.17. The topological polar surface area (TPSA) is 105 Å². The number of amides is 1. The zero-order chi connectivity index (χ0) is 21.0. The molecule has 0 fully saturated rings. The normalized spacial score (nSPS) is 10.3. The Bertz CT molecular complexity index is 1040. The Morgan fingerprint density at radius 1 is 1.21 bits per heavy atom. The summed E-state index contributed by atoms with van der Waals surface area (Å²) in [6, 6.07) is 12.7. The first kappa shape index (κ1) is 19.9. The van der Waals surface area contributed by atoms with Crippen LogP contribution >= 0.6 is 0 Å². The highest BCUT2D eigenvalue weighted by molar-refractivity contribution is 6.00. The number of nitrogens with two attached hydrogens (primary N) is 1. The highest BCUT2D eigenvalue weighted by atomic mass is 16.5. The monoisotopic (exact) mass is 392 g/mol. The Labute approximate surface area is 169 Å². The third-order valence-electron chi connectivity index (χ3n) is 4.47. The van der Waals surface area contributed by atoms with E-state index in [-0.39, 0.29) is 5.91 Å². The van der Waals surface area contributed by atoms with Crippen molar-refractivity contribution in [2.24, 2.45) is 0 Å². The Morgan fingerprint density at radius 2 is 1.97 bits per heavy atom. The second kappa shape index (κ2) is 8.47. The van der Waals surface area contributed by atoms with Gasteiger partial charge in [0.1, 0.15) is 11.6 Å². The number of carbonyl (C=O) groups excluding carboxylic acids is 1. The Kier molecular flexibility index (Phi) is 5.82. The number of nitrogen functional groups attached to an aromatic ring is 1. The number of nitrogens with one attached hydrogen (secondary N) is 2. The number of benzene rings is 2. The molecule has 3 aromatic rings. The summed E-state index contributed by atoms with van der Waals surface area (Å²) in [6.07, 6.45) is 1.72. The van der Waals surface area contributed by atoms with E-state index in [0.29, 0.717) is 34.5 Å². The zero-order valence-electron chi connectivity index (χ0n) is 16.9. The Hall–Kier alpha value is -3.81. The third-order valence-corrected chi connectivity index (χ3v) is 4.47. The fraction of sp³-hybridized carbons (Fsp3) is 0.190. The van der Waals surface area contributed by atoms with Gasteiger partial charge >= 0.3 is 0 Å². The smallest absolute Gasteiger partial charge is 0.253 e. The van der Waals surface area contributed by atoms with E-state index in [2.05, 4.69) is 20.6 Å². The van der Waals surface area contributed by atoms with Gasteiger partial charge in [-0.3, -0.25) is 4.79 Å². The summed E-state index contributed by atoms with van der Waals surface area (Å²) in [4.78, 5) is 23.1. The average molecular weight is 392 g/mol. The van der Waals surface area contributed by atoms with E-state index in [1.165, 1.54) is 0 Å². The van der Waals surface area contributed by atoms with Crippen molar-refractivity contribution in [2.75, 3.05) is 37.2 Å². The molecular weight excluding hydrogens is 368 g/mol. The maximum atomic E-state index is 12.3. The highest BCUT2D eigenvalue weighted by Crippen LogP contribution is 2.31. The summed E-state index contributed by atoms with van der Waals surface area (Å²) in [5.41, 5.74) is 9.31. The van der Waals surface area contributed by atoms with Gasteiger partial charge in [-0.25, -0.2) is 4.98 Å². The van der Waals surface area contributed by atoms with E-state index in [1.807, 2.05) is 37.1 Å². The summed E-state index contributed by atoms with van der Waals surface area (Å²) >= 11 is 0. The van der Waals surface area contributed by atoms with Crippen molar-refractivity contribution in [3.8, 4) is 5.75 Å². The number of nitrogens with zero attached hydrogens (tertiary/aromatic N) is 3. The molecule has 8 heteroatoms. The van der Waals surface area contributed by atoms with Gasteiger partial charge in [-0.1, -0.05) is 12.1 Å². The maximum absolute atomic E-state index is 12.3. The van der Waals surface area contributed by atoms with Gasteiger partial charge in [0.05, 0.1) is 24.0 Å². The van der Waals surface area contributed by atoms with Gasteiger partial charge in [0.2, 0.25) is 5.95 Å². The predicted octanol–water partition coefficient (Wildman–Crippen LogP) is 3.25. The summed E-state index contributed by atoms with van der Waals surface area (Å²) < 4.78 is 5.37. The molecule has 0 saturated heterocycles. The molecule has 0 saturated carbocycles. The molecule has 0 aliphatic carbocycles. The zero-order valence-corrected chi connectivity index (χ0v) is 16.9. The fourth-order valence-corrected chi connectivity index (χ4v) is 2.98. The van der Waals surface area contributed by atoms with E-state index in [1.54, 1.807) is 44.6 Å². The lowest BCUT2D eigenvalue weighted by Gasteiger charge is -2.23. The van der Waals surface area contributed by atoms with Gasteiger partial charge in [-0.2, -0.15) is 4.98 Å². The molecule has 0 unspecified atom stereocenters. The molecule has 0 radical (unpaired) electrons. The van der Waals surface area contributed by atoms with Crippen molar-refractivity contribution < 1.29 is 9.53 Å². The van der Waals surface area contributed by atoms with Crippen LogP contribution in [-0.4, -0.2) is 37.1 Å². The molecule has 4 N–H and O–H groups in total. The molecule has 1 amide bonds. The molecule has 0 aliphatic heterocycles. The standard InChI is InChI=1S/C21H24N6O2/c1-13-12-24-21(25-16-11-14(22)9-10-18(16)29-4)26-19(13)27(3)17-8-6-5-7-15(17)20(28)23-2/h5-12H,22H2,1-4H3,(H,23,28)(H,24,25,26). The van der Waals surface area contributed by atoms with Gasteiger partial charge in [0.25, 0.3) is 5.91 Å². The molecule has 8 nitrogen and oxygen atoms in total. The van der Waals surface area contributed by atoms with Gasteiger partial charge in [0.15, 0.2) is 0 Å². The Balaban J connectivity index is 1.99. The first-order valence-electron chi connectivity index (χ1n) is 9.03. The molecule has 0 bridgehead atoms. The number of anilines is 5. The minimum atomic E-state index is -0.165. The second-order valence-corrected chi connectivity index (χ2v) is 6.44. The van der Waals surface area contributed by atoms with Crippen LogP contribution in [0.25, 0.3) is 0 Å². The van der Waals surface area contributed by atoms with Crippen LogP contribution < -0.4 is 26.0 Å². The lowest BCUT2D eigenvalue weighted by molar-refractivity contribution is 0.0963. The quantitative estimate of drug-likeness (QED) is 0.553. The molecule has 1 aromatic heterocycles. The summed E-state index contributed by atoms with van der Waals surface area (Å²) in [5, 5.41) is 5.82. The number of aromatic nitrogens is 2. The number of para-hydroxylation sites is 1. The number of carbonyl (C=O) groups is 1. The van der Waals surface area contributed by atoms with Crippen molar-refractivity contribution in [3.63, 3.8) is 0 Å². The van der Waals surface area contributed by atoms with Crippen molar-refractivity contribution in [1.29, 1.82) is 0 Å². The maximum Gasteiger partial charge on any atom is 0.253 e. The first-order valence-corrected chi connectivity index (χ1v) is 9.03. The molecule has 29 heavy (non-hydrogen) atoms. The fourth-order valence-electron chi connectivity index (χ4n) is 2.98. The van der Waals surface area contributed by atoms with Crippen LogP contribution in [0.3, 0.4) is 0 Å². The number of ether oxygens (including phenoxy) is 1. The van der Waals surface area contributed by atoms with Crippen molar-refractivity contribution >= 4 is 34.7 Å². The summed E-state index contributed by atoms with van der Waals surface area (Å²) in [6.45, 7) is 1.92. The molecular formula is C21H24N6O2. The molecule has 3 rings (SSSR count). The van der Waals surface area contributed by atoms with E-state index < -0.39 is 0 Å². The van der Waals surface area contributed by atoms with Crippen LogP contribution in [0.15, 0.2) is 48.7 Å². The largest absolute Gasteiger partial charge is 0.495 e. The minimum absolute atomic E-state index is 0.165. The lowest BCUT2D eigenvalue weighted by Crippen LogP contribution is -2.23. The molecule has 0 spiro atoms. The number of aryl methyl sites for hydroxylation is 1. The van der Waals surface area contributed by atoms with E-state index >= 15 is 0 Å². The molecule has 0 aliphatic rings. The summed E-state index contributed by atoms with van der Waals surface area (Å²) in [7, 11) is 5.06. The Morgan fingerprint density at radius 3 is 2.69 bits per heavy atom. The molecule has 150 valence electrons. The van der Waals surface area contributed by atoms with Gasteiger partial charge < -0.3 is 26.0 Å². The van der Waals surface area contributed by atoms with Crippen molar-refractivity contribution in [3.05, 3.63) is 59.8 Å². The SMILES string of the molecule is CNC(=O)c1ccccc1N(C)c1nc(Nc2cc(N)ccc2OC)ncc1C. The van der Waals surface area contributed by atoms with Crippen LogP contribution in [-0.2, 0) is 0 Å². The number of rotatable bonds is 6. The van der Waals surface area contributed by atoms with Crippen LogP contribution in [0.4, 0.5) is 28.8 Å². The average Bonchev–Trinajstić information content (AvgIpc) is 2.74. The predicted molar refractivity (Wildman–Crippen MR) is 115 cm³/mol. The van der Waals surface area contributed by atoms with E-state index in [0.717, 1.165) is 11.3 Å². The minimum Gasteiger partial charge on any atom is -0.495 e. The van der Waals surface area contributed by atoms with Gasteiger partial charge in [-0.05, 0) is 37.3 Å². The molecule has 1 heterocycles. The van der Waals surface area contributed by atoms with Crippen molar-refractivity contribution in [2.45, 2.75) is 6.92 Å². The van der Waals surface area contributed by atoms with Crippen LogP contribution in [0.5, 0.6) is 5.75 Å². The molecule has 0 atom stereocenters. The first-order chi connectivity index (χ1) is 13.9. The third kappa shape index (κ3) is 4.21. The second-order valence-electron chi connectivity index (χ2n) is 6.44. The van der Waals surface area contributed by atoms with Crippen molar-refractivity contribution in [1.82, 2.24) is 15.3 Å². The lowest BCUT2D eigenvalue weighted by atomic mass is 10.1. The van der Waals surface area contributed by atoms with Crippen LogP contribution in [0, 0.1) is 6.92 Å². The van der Waals surface area contributed by atoms with Crippen LogP contribution in [0.1, 0.15) is 15.9 Å². The van der Waals surface area contributed by atoms with Gasteiger partial charge in [0, 0.05) is 31.5 Å². The van der Waals surface area contributed by atoms with E-state index in [9.17, 15) is 4.79 Å².